The Morgan fingerprint density at radius 2 is 2.04 bits per heavy atom. The molecule has 0 aliphatic carbocycles. The van der Waals surface area contributed by atoms with Crippen molar-refractivity contribution in [3.8, 4) is 5.75 Å². The number of benzene rings is 1. The molecule has 23 heavy (non-hydrogen) atoms. The molecule has 0 radical (unpaired) electrons. The first-order chi connectivity index (χ1) is 10.0. The third kappa shape index (κ3) is 7.40. The van der Waals surface area contributed by atoms with E-state index in [0.29, 0.717) is 6.61 Å². The van der Waals surface area contributed by atoms with Gasteiger partial charge in [0.05, 0.1) is 6.04 Å². The van der Waals surface area contributed by atoms with E-state index >= 15 is 0 Å². The number of carbonyl (C=O) groups is 1. The highest BCUT2D eigenvalue weighted by Crippen LogP contribution is 2.17. The molecule has 2 rings (SSSR count). The Bertz CT molecular complexity index is 469. The van der Waals surface area contributed by atoms with Gasteiger partial charge in [-0.15, -0.1) is 24.8 Å². The Balaban J connectivity index is 0.00000242. The third-order valence-electron chi connectivity index (χ3n) is 3.72. The monoisotopic (exact) mass is 363 g/mol. The SMILES string of the molecule is CC1CCN(CCOc2ccc(NC(=O)[C@@H](C)N)cc2)C1.Cl.Cl. The zero-order chi connectivity index (χ0) is 15.2. The second-order valence-corrected chi connectivity index (χ2v) is 5.85. The van der Waals surface area contributed by atoms with Crippen LogP contribution in [0.25, 0.3) is 0 Å². The molecule has 0 aromatic heterocycles. The van der Waals surface area contributed by atoms with E-state index in [2.05, 4.69) is 17.1 Å². The molecule has 1 aromatic carbocycles. The maximum absolute atomic E-state index is 11.5. The van der Waals surface area contributed by atoms with Crippen LogP contribution in [0.4, 0.5) is 5.69 Å². The van der Waals surface area contributed by atoms with E-state index < -0.39 is 6.04 Å². The highest BCUT2D eigenvalue weighted by atomic mass is 35.5. The van der Waals surface area contributed by atoms with Crippen molar-refractivity contribution < 1.29 is 9.53 Å². The topological polar surface area (TPSA) is 67.6 Å². The van der Waals surface area contributed by atoms with Crippen molar-refractivity contribution in [3.05, 3.63) is 24.3 Å². The van der Waals surface area contributed by atoms with Crippen molar-refractivity contribution in [2.24, 2.45) is 11.7 Å². The number of likely N-dealkylation sites (tertiary alicyclic amines) is 1. The molecule has 2 atom stereocenters. The number of nitrogens with one attached hydrogen (secondary N) is 1. The number of rotatable bonds is 6. The number of halogens is 2. The first-order valence-electron chi connectivity index (χ1n) is 7.56. The lowest BCUT2D eigenvalue weighted by atomic mass is 10.2. The molecule has 1 aromatic rings. The molecule has 1 saturated heterocycles. The van der Waals surface area contributed by atoms with E-state index in [0.717, 1.165) is 23.9 Å². The van der Waals surface area contributed by atoms with Crippen LogP contribution in [0.2, 0.25) is 0 Å². The molecular weight excluding hydrogens is 337 g/mol. The van der Waals surface area contributed by atoms with E-state index in [-0.39, 0.29) is 30.7 Å². The molecule has 1 amide bonds. The van der Waals surface area contributed by atoms with Crippen LogP contribution in [-0.2, 0) is 4.79 Å². The molecule has 1 aliphatic rings. The van der Waals surface area contributed by atoms with Gasteiger partial charge < -0.3 is 15.8 Å². The van der Waals surface area contributed by atoms with Crippen molar-refractivity contribution in [2.75, 3.05) is 31.6 Å². The summed E-state index contributed by atoms with van der Waals surface area (Å²) in [5.41, 5.74) is 6.24. The molecule has 1 heterocycles. The predicted molar refractivity (Wildman–Crippen MR) is 98.9 cm³/mol. The fourth-order valence-electron chi connectivity index (χ4n) is 2.41. The molecule has 1 unspecified atom stereocenters. The maximum Gasteiger partial charge on any atom is 0.240 e. The fourth-order valence-corrected chi connectivity index (χ4v) is 2.41. The fraction of sp³-hybridized carbons (Fsp3) is 0.562. The van der Waals surface area contributed by atoms with E-state index in [1.54, 1.807) is 6.92 Å². The standard InChI is InChI=1S/C16H25N3O2.2ClH/c1-12-7-8-19(11-12)9-10-21-15-5-3-14(4-6-15)18-16(20)13(2)17;;/h3-6,12-13H,7-11,17H2,1-2H3,(H,18,20);2*1H/t12?,13-;;/m1../s1. The van der Waals surface area contributed by atoms with Crippen LogP contribution in [0.15, 0.2) is 24.3 Å². The number of nitrogens with zero attached hydrogens (tertiary/aromatic N) is 1. The van der Waals surface area contributed by atoms with Crippen molar-refractivity contribution in [1.82, 2.24) is 4.90 Å². The number of nitrogens with two attached hydrogens (primary N) is 1. The number of anilines is 1. The molecule has 7 heteroatoms. The lowest BCUT2D eigenvalue weighted by Crippen LogP contribution is -2.32. The first-order valence-corrected chi connectivity index (χ1v) is 7.56. The molecule has 132 valence electrons. The van der Waals surface area contributed by atoms with Crippen LogP contribution in [0.5, 0.6) is 5.75 Å². The molecule has 5 nitrogen and oxygen atoms in total. The smallest absolute Gasteiger partial charge is 0.240 e. The minimum atomic E-state index is -0.510. The van der Waals surface area contributed by atoms with Crippen molar-refractivity contribution >= 4 is 36.4 Å². The largest absolute Gasteiger partial charge is 0.492 e. The molecule has 0 bridgehead atoms. The number of hydrogen-bond acceptors (Lipinski definition) is 4. The molecule has 1 aliphatic heterocycles. The van der Waals surface area contributed by atoms with Crippen molar-refractivity contribution in [1.29, 1.82) is 0 Å². The quantitative estimate of drug-likeness (QED) is 0.814. The highest BCUT2D eigenvalue weighted by molar-refractivity contribution is 5.94. The van der Waals surface area contributed by atoms with Gasteiger partial charge in [0, 0.05) is 18.8 Å². The average molecular weight is 364 g/mol. The average Bonchev–Trinajstić information content (AvgIpc) is 2.86. The summed E-state index contributed by atoms with van der Waals surface area (Å²) in [5, 5.41) is 2.75. The summed E-state index contributed by atoms with van der Waals surface area (Å²) in [6, 6.07) is 6.87. The van der Waals surface area contributed by atoms with Gasteiger partial charge in [0.25, 0.3) is 0 Å². The van der Waals surface area contributed by atoms with Gasteiger partial charge in [-0.25, -0.2) is 0 Å². The Kier molecular flexibility index (Phi) is 10.2. The zero-order valence-corrected chi connectivity index (χ0v) is 15.3. The lowest BCUT2D eigenvalue weighted by molar-refractivity contribution is -0.117. The normalized spacial score (nSPS) is 18.5. The summed E-state index contributed by atoms with van der Waals surface area (Å²) in [6.07, 6.45) is 1.29. The van der Waals surface area contributed by atoms with Gasteiger partial charge in [-0.3, -0.25) is 9.69 Å². The van der Waals surface area contributed by atoms with Crippen LogP contribution >= 0.6 is 24.8 Å². The van der Waals surface area contributed by atoms with Crippen LogP contribution in [-0.4, -0.2) is 43.1 Å². The predicted octanol–water partition coefficient (Wildman–Crippen LogP) is 2.54. The maximum atomic E-state index is 11.5. The summed E-state index contributed by atoms with van der Waals surface area (Å²) >= 11 is 0. The highest BCUT2D eigenvalue weighted by Gasteiger charge is 2.17. The van der Waals surface area contributed by atoms with Gasteiger partial charge in [-0.2, -0.15) is 0 Å². The second-order valence-electron chi connectivity index (χ2n) is 5.85. The molecule has 1 fully saturated rings. The van der Waals surface area contributed by atoms with Crippen molar-refractivity contribution in [3.63, 3.8) is 0 Å². The van der Waals surface area contributed by atoms with Gasteiger partial charge in [-0.05, 0) is 50.1 Å². The molecular formula is C16H27Cl2N3O2. The Morgan fingerprint density at radius 1 is 1.39 bits per heavy atom. The van der Waals surface area contributed by atoms with Gasteiger partial charge in [0.1, 0.15) is 12.4 Å². The van der Waals surface area contributed by atoms with Crippen molar-refractivity contribution in [2.45, 2.75) is 26.3 Å². The zero-order valence-electron chi connectivity index (χ0n) is 13.7. The van der Waals surface area contributed by atoms with E-state index in [1.165, 1.54) is 19.5 Å². The Morgan fingerprint density at radius 3 is 2.57 bits per heavy atom. The van der Waals surface area contributed by atoms with E-state index in [4.69, 9.17) is 10.5 Å². The second kappa shape index (κ2) is 10.7. The summed E-state index contributed by atoms with van der Waals surface area (Å²) < 4.78 is 5.73. The minimum absolute atomic E-state index is 0. The summed E-state index contributed by atoms with van der Waals surface area (Å²) in [6.45, 7) is 7.95. The van der Waals surface area contributed by atoms with Crippen LogP contribution in [0.3, 0.4) is 0 Å². The summed E-state index contributed by atoms with van der Waals surface area (Å²) in [5.74, 6) is 1.44. The first kappa shape index (κ1) is 22.0. The van der Waals surface area contributed by atoms with Crippen LogP contribution in [0, 0.1) is 5.92 Å². The molecule has 0 spiro atoms. The van der Waals surface area contributed by atoms with Gasteiger partial charge in [-0.1, -0.05) is 6.92 Å². The van der Waals surface area contributed by atoms with Gasteiger partial charge >= 0.3 is 0 Å². The number of carbonyl (C=O) groups excluding carboxylic acids is 1. The summed E-state index contributed by atoms with van der Waals surface area (Å²) in [4.78, 5) is 13.9. The number of ether oxygens (including phenoxy) is 1. The van der Waals surface area contributed by atoms with Crippen LogP contribution in [0.1, 0.15) is 20.3 Å². The van der Waals surface area contributed by atoms with Crippen LogP contribution < -0.4 is 15.8 Å². The number of hydrogen-bond donors (Lipinski definition) is 2. The minimum Gasteiger partial charge on any atom is -0.492 e. The third-order valence-corrected chi connectivity index (χ3v) is 3.72. The van der Waals surface area contributed by atoms with Gasteiger partial charge in [0.15, 0.2) is 0 Å². The lowest BCUT2D eigenvalue weighted by Gasteiger charge is -2.15. The van der Waals surface area contributed by atoms with Gasteiger partial charge in [0.2, 0.25) is 5.91 Å². The molecule has 3 N–H and O–H groups in total. The Labute approximate surface area is 150 Å². The molecule has 0 saturated carbocycles. The Hall–Kier alpha value is -1.01. The van der Waals surface area contributed by atoms with E-state index in [9.17, 15) is 4.79 Å². The summed E-state index contributed by atoms with van der Waals surface area (Å²) in [7, 11) is 0. The van der Waals surface area contributed by atoms with E-state index in [1.807, 2.05) is 24.3 Å². The number of amides is 1.